The zero-order chi connectivity index (χ0) is 19.2. The lowest BCUT2D eigenvalue weighted by molar-refractivity contribution is 0.550. The summed E-state index contributed by atoms with van der Waals surface area (Å²) < 4.78 is 2.08. The van der Waals surface area contributed by atoms with E-state index in [0.29, 0.717) is 5.92 Å². The molecule has 3 rings (SSSR count). The Morgan fingerprint density at radius 2 is 1.89 bits per heavy atom. The van der Waals surface area contributed by atoms with Crippen molar-refractivity contribution >= 4 is 35.6 Å². The quantitative estimate of drug-likeness (QED) is 0.310. The van der Waals surface area contributed by atoms with Gasteiger partial charge in [-0.3, -0.25) is 4.99 Å². The molecule has 0 saturated carbocycles. The van der Waals surface area contributed by atoms with Crippen LogP contribution in [0.2, 0.25) is 0 Å². The van der Waals surface area contributed by atoms with Gasteiger partial charge in [-0.1, -0.05) is 43.3 Å². The molecular formula is C22H30IN5. The molecule has 0 saturated heterocycles. The highest BCUT2D eigenvalue weighted by Gasteiger charge is 2.15. The first kappa shape index (κ1) is 22.2. The van der Waals surface area contributed by atoms with Crippen molar-refractivity contribution < 1.29 is 0 Å². The summed E-state index contributed by atoms with van der Waals surface area (Å²) >= 11 is 0. The van der Waals surface area contributed by atoms with Crippen LogP contribution in [-0.2, 0) is 6.42 Å². The molecule has 1 aromatic carbocycles. The molecule has 0 radical (unpaired) electrons. The molecule has 3 aromatic rings. The number of imidazole rings is 1. The van der Waals surface area contributed by atoms with Gasteiger partial charge in [0.2, 0.25) is 0 Å². The van der Waals surface area contributed by atoms with Crippen LogP contribution in [0.15, 0.2) is 59.9 Å². The van der Waals surface area contributed by atoms with Crippen molar-refractivity contribution in [3.05, 3.63) is 71.7 Å². The lowest BCUT2D eigenvalue weighted by Crippen LogP contribution is -2.44. The second-order valence-electron chi connectivity index (χ2n) is 7.04. The maximum absolute atomic E-state index is 4.73. The normalized spacial score (nSPS) is 13.6. The minimum Gasteiger partial charge on any atom is -0.356 e. The highest BCUT2D eigenvalue weighted by atomic mass is 127. The van der Waals surface area contributed by atoms with Gasteiger partial charge in [0, 0.05) is 44.4 Å². The summed E-state index contributed by atoms with van der Waals surface area (Å²) in [5, 5.41) is 6.90. The Morgan fingerprint density at radius 3 is 2.57 bits per heavy atom. The summed E-state index contributed by atoms with van der Waals surface area (Å²) in [5.41, 5.74) is 4.63. The number of fused-ring (bicyclic) bond motifs is 1. The summed E-state index contributed by atoms with van der Waals surface area (Å²) in [6, 6.07) is 15.0. The molecule has 0 fully saturated rings. The van der Waals surface area contributed by atoms with Crippen LogP contribution in [0.4, 0.5) is 0 Å². The Balaban J connectivity index is 0.00000280. The van der Waals surface area contributed by atoms with Crippen molar-refractivity contribution in [1.29, 1.82) is 0 Å². The van der Waals surface area contributed by atoms with E-state index in [1.54, 1.807) is 0 Å². The number of aryl methyl sites for hydroxylation is 1. The van der Waals surface area contributed by atoms with Gasteiger partial charge in [-0.2, -0.15) is 0 Å². The largest absolute Gasteiger partial charge is 0.356 e. The number of aromatic nitrogens is 2. The summed E-state index contributed by atoms with van der Waals surface area (Å²) in [4.78, 5) is 9.09. The number of halogens is 1. The van der Waals surface area contributed by atoms with Gasteiger partial charge in [0.05, 0.1) is 5.69 Å². The van der Waals surface area contributed by atoms with E-state index in [1.807, 2.05) is 19.3 Å². The van der Waals surface area contributed by atoms with Gasteiger partial charge in [-0.05, 0) is 31.0 Å². The number of benzene rings is 1. The second kappa shape index (κ2) is 10.5. The number of rotatable bonds is 6. The van der Waals surface area contributed by atoms with Gasteiger partial charge in [-0.15, -0.1) is 24.0 Å². The molecule has 0 aliphatic heterocycles. The number of pyridine rings is 1. The number of hydrogen-bond donors (Lipinski definition) is 2. The number of guanidine groups is 1. The molecule has 150 valence electrons. The van der Waals surface area contributed by atoms with Crippen LogP contribution in [-0.4, -0.2) is 35.0 Å². The lowest BCUT2D eigenvalue weighted by Gasteiger charge is -2.24. The molecule has 0 aliphatic rings. The Morgan fingerprint density at radius 1 is 1.14 bits per heavy atom. The molecule has 6 heteroatoms. The summed E-state index contributed by atoms with van der Waals surface area (Å²) in [7, 11) is 1.81. The number of nitrogens with one attached hydrogen (secondary N) is 2. The van der Waals surface area contributed by atoms with Crippen molar-refractivity contribution in [3.63, 3.8) is 0 Å². The van der Waals surface area contributed by atoms with E-state index in [2.05, 4.69) is 83.4 Å². The molecule has 0 amide bonds. The second-order valence-corrected chi connectivity index (χ2v) is 7.04. The highest BCUT2D eigenvalue weighted by Crippen LogP contribution is 2.18. The first-order chi connectivity index (χ1) is 13.1. The highest BCUT2D eigenvalue weighted by molar-refractivity contribution is 14.0. The van der Waals surface area contributed by atoms with Crippen molar-refractivity contribution in [3.8, 4) is 0 Å². The smallest absolute Gasteiger partial charge is 0.191 e. The van der Waals surface area contributed by atoms with E-state index in [4.69, 9.17) is 4.98 Å². The van der Waals surface area contributed by atoms with Gasteiger partial charge < -0.3 is 15.0 Å². The predicted molar refractivity (Wildman–Crippen MR) is 128 cm³/mol. The molecule has 28 heavy (non-hydrogen) atoms. The third kappa shape index (κ3) is 5.47. The van der Waals surface area contributed by atoms with Gasteiger partial charge >= 0.3 is 0 Å². The lowest BCUT2D eigenvalue weighted by atomic mass is 9.94. The fraction of sp³-hybridized carbons (Fsp3) is 0.364. The summed E-state index contributed by atoms with van der Waals surface area (Å²) in [6.45, 7) is 7.30. The van der Waals surface area contributed by atoms with E-state index in [9.17, 15) is 0 Å². The first-order valence-electron chi connectivity index (χ1n) is 9.54. The average Bonchev–Trinajstić information content (AvgIpc) is 3.11. The zero-order valence-corrected chi connectivity index (χ0v) is 19.3. The summed E-state index contributed by atoms with van der Waals surface area (Å²) in [5.74, 6) is 1.22. The van der Waals surface area contributed by atoms with E-state index >= 15 is 0 Å². The SMILES string of the molecule is CN=C(NCCc1cn2cccc(C)c2n1)NC(C)C(C)c1ccccc1.I. The third-order valence-corrected chi connectivity index (χ3v) is 5.06. The maximum Gasteiger partial charge on any atom is 0.191 e. The Hall–Kier alpha value is -2.09. The van der Waals surface area contributed by atoms with Crippen molar-refractivity contribution in [1.82, 2.24) is 20.0 Å². The van der Waals surface area contributed by atoms with E-state index < -0.39 is 0 Å². The molecule has 0 spiro atoms. The standard InChI is InChI=1S/C22H29N5.HI/c1-16-9-8-14-27-15-20(26-21(16)27)12-13-24-22(23-4)25-18(3)17(2)19-10-6-5-7-11-19;/h5-11,14-15,17-18H,12-13H2,1-4H3,(H2,23,24,25);1H. The fourth-order valence-corrected chi connectivity index (χ4v) is 3.21. The molecule has 2 aromatic heterocycles. The monoisotopic (exact) mass is 491 g/mol. The molecule has 2 N–H and O–H groups in total. The van der Waals surface area contributed by atoms with E-state index in [1.165, 1.54) is 11.1 Å². The minimum absolute atomic E-state index is 0. The van der Waals surface area contributed by atoms with E-state index in [0.717, 1.165) is 30.3 Å². The number of hydrogen-bond acceptors (Lipinski definition) is 2. The Kier molecular flexibility index (Phi) is 8.29. The number of aliphatic imine (C=N–C) groups is 1. The van der Waals surface area contributed by atoms with Crippen molar-refractivity contribution in [2.75, 3.05) is 13.6 Å². The third-order valence-electron chi connectivity index (χ3n) is 5.06. The zero-order valence-electron chi connectivity index (χ0n) is 17.0. The van der Waals surface area contributed by atoms with Crippen LogP contribution in [0.3, 0.4) is 0 Å². The van der Waals surface area contributed by atoms with Crippen LogP contribution in [0.25, 0.3) is 5.65 Å². The minimum atomic E-state index is 0. The van der Waals surface area contributed by atoms with Crippen molar-refractivity contribution in [2.45, 2.75) is 39.2 Å². The summed E-state index contributed by atoms with van der Waals surface area (Å²) in [6.07, 6.45) is 4.99. The topological polar surface area (TPSA) is 53.7 Å². The maximum atomic E-state index is 4.73. The molecule has 2 unspecified atom stereocenters. The number of nitrogens with zero attached hydrogens (tertiary/aromatic N) is 3. The van der Waals surface area contributed by atoms with Crippen LogP contribution >= 0.6 is 24.0 Å². The first-order valence-corrected chi connectivity index (χ1v) is 9.54. The van der Waals surface area contributed by atoms with Gasteiger partial charge in [0.1, 0.15) is 5.65 Å². The van der Waals surface area contributed by atoms with Crippen LogP contribution < -0.4 is 10.6 Å². The molecule has 2 heterocycles. The molecule has 0 aliphatic carbocycles. The van der Waals surface area contributed by atoms with Crippen molar-refractivity contribution in [2.24, 2.45) is 4.99 Å². The van der Waals surface area contributed by atoms with Gasteiger partial charge in [0.15, 0.2) is 5.96 Å². The van der Waals surface area contributed by atoms with Gasteiger partial charge in [0.25, 0.3) is 0 Å². The molecule has 0 bridgehead atoms. The van der Waals surface area contributed by atoms with E-state index in [-0.39, 0.29) is 30.0 Å². The molecular weight excluding hydrogens is 461 g/mol. The fourth-order valence-electron chi connectivity index (χ4n) is 3.21. The van der Waals surface area contributed by atoms with Crippen LogP contribution in [0.5, 0.6) is 0 Å². The molecule has 5 nitrogen and oxygen atoms in total. The average molecular weight is 491 g/mol. The van der Waals surface area contributed by atoms with Crippen LogP contribution in [0.1, 0.15) is 36.6 Å². The Labute approximate surface area is 184 Å². The van der Waals surface area contributed by atoms with Gasteiger partial charge in [-0.25, -0.2) is 4.98 Å². The predicted octanol–water partition coefficient (Wildman–Crippen LogP) is 4.16. The Bertz CT molecular complexity index is 904. The molecule has 2 atom stereocenters. The van der Waals surface area contributed by atoms with Crippen LogP contribution in [0, 0.1) is 6.92 Å².